The van der Waals surface area contributed by atoms with E-state index in [1.54, 1.807) is 37.4 Å². The summed E-state index contributed by atoms with van der Waals surface area (Å²) in [6.45, 7) is 0. The summed E-state index contributed by atoms with van der Waals surface area (Å²) in [5, 5.41) is 15.8. The van der Waals surface area contributed by atoms with Crippen LogP contribution in [-0.4, -0.2) is 36.3 Å². The second kappa shape index (κ2) is 9.11. The molecule has 0 fully saturated rings. The first kappa shape index (κ1) is 22.6. The summed E-state index contributed by atoms with van der Waals surface area (Å²) >= 11 is 0. The van der Waals surface area contributed by atoms with Crippen molar-refractivity contribution in [3.63, 3.8) is 0 Å². The zero-order valence-electron chi connectivity index (χ0n) is 19.1. The molecular formula is C26H25N5O3. The largest absolute Gasteiger partial charge is 0.497 e. The fraction of sp³-hybridized carbons (Fsp3) is 0.115. The molecule has 0 aliphatic heterocycles. The van der Waals surface area contributed by atoms with Crippen molar-refractivity contribution in [2.24, 2.45) is 12.8 Å². The standard InChI is InChI=1S/C26H25N5O3/c1-29-20-10-8-16(26(33)30-21-11-9-17(34-3)14-19(21)25(28)32)12-18(20)24(27)23-13-15-6-4-5-7-22(15)31(23)2/h4-14,27,29H,1-3H3,(H2,28,32)(H,30,33). The highest BCUT2D eigenvalue weighted by atomic mass is 16.5. The van der Waals surface area contributed by atoms with Gasteiger partial charge in [0.15, 0.2) is 0 Å². The molecule has 4 rings (SSSR count). The van der Waals surface area contributed by atoms with Gasteiger partial charge in [0.2, 0.25) is 0 Å². The van der Waals surface area contributed by atoms with Gasteiger partial charge in [-0.15, -0.1) is 0 Å². The van der Waals surface area contributed by atoms with Gasteiger partial charge in [-0.3, -0.25) is 15.0 Å². The monoisotopic (exact) mass is 455 g/mol. The van der Waals surface area contributed by atoms with Gasteiger partial charge in [0, 0.05) is 41.8 Å². The van der Waals surface area contributed by atoms with Gasteiger partial charge in [0.05, 0.1) is 29.8 Å². The molecule has 1 heterocycles. The van der Waals surface area contributed by atoms with E-state index in [1.165, 1.54) is 13.2 Å². The average Bonchev–Trinajstić information content (AvgIpc) is 3.19. The maximum absolute atomic E-state index is 13.1. The van der Waals surface area contributed by atoms with Crippen molar-refractivity contribution in [3.05, 3.63) is 89.1 Å². The van der Waals surface area contributed by atoms with Crippen molar-refractivity contribution in [1.82, 2.24) is 4.57 Å². The summed E-state index contributed by atoms with van der Waals surface area (Å²) in [7, 11) is 5.16. The van der Waals surface area contributed by atoms with Crippen LogP contribution in [0.1, 0.15) is 32.0 Å². The number of aromatic nitrogens is 1. The molecule has 4 aromatic rings. The molecule has 0 saturated carbocycles. The molecule has 0 unspecified atom stereocenters. The van der Waals surface area contributed by atoms with Crippen LogP contribution >= 0.6 is 0 Å². The highest BCUT2D eigenvalue weighted by molar-refractivity contribution is 6.17. The molecule has 34 heavy (non-hydrogen) atoms. The Labute approximate surface area is 196 Å². The minimum Gasteiger partial charge on any atom is -0.497 e. The minimum atomic E-state index is -0.682. The van der Waals surface area contributed by atoms with Gasteiger partial charge in [-0.2, -0.15) is 0 Å². The molecule has 1 aromatic heterocycles. The van der Waals surface area contributed by atoms with E-state index in [-0.39, 0.29) is 17.0 Å². The highest BCUT2D eigenvalue weighted by Gasteiger charge is 2.19. The smallest absolute Gasteiger partial charge is 0.255 e. The van der Waals surface area contributed by atoms with E-state index in [2.05, 4.69) is 10.6 Å². The SMILES string of the molecule is CNc1ccc(C(=O)Nc2ccc(OC)cc2C(N)=O)cc1C(=N)c1cc2ccccc2n1C. The molecule has 0 spiro atoms. The van der Waals surface area contributed by atoms with E-state index < -0.39 is 11.8 Å². The van der Waals surface area contributed by atoms with Crippen molar-refractivity contribution in [2.45, 2.75) is 0 Å². The van der Waals surface area contributed by atoms with E-state index in [9.17, 15) is 9.59 Å². The van der Waals surface area contributed by atoms with Gasteiger partial charge in [-0.25, -0.2) is 0 Å². The molecule has 2 amide bonds. The lowest BCUT2D eigenvalue weighted by Crippen LogP contribution is -2.19. The van der Waals surface area contributed by atoms with Crippen LogP contribution in [-0.2, 0) is 7.05 Å². The topological polar surface area (TPSA) is 122 Å². The predicted molar refractivity (Wildman–Crippen MR) is 134 cm³/mol. The van der Waals surface area contributed by atoms with Crippen LogP contribution in [0.2, 0.25) is 0 Å². The molecule has 0 aliphatic carbocycles. The Kier molecular flexibility index (Phi) is 6.05. The third-order valence-electron chi connectivity index (χ3n) is 5.77. The summed E-state index contributed by atoms with van der Waals surface area (Å²) in [6.07, 6.45) is 0. The number of aryl methyl sites for hydroxylation is 1. The first-order valence-corrected chi connectivity index (χ1v) is 10.6. The molecule has 8 nitrogen and oxygen atoms in total. The van der Waals surface area contributed by atoms with E-state index in [4.69, 9.17) is 15.9 Å². The fourth-order valence-corrected chi connectivity index (χ4v) is 3.93. The zero-order valence-corrected chi connectivity index (χ0v) is 19.1. The molecular weight excluding hydrogens is 430 g/mol. The number of benzene rings is 3. The van der Waals surface area contributed by atoms with Gasteiger partial charge in [0.25, 0.3) is 11.8 Å². The third kappa shape index (κ3) is 4.09. The Morgan fingerprint density at radius 1 is 0.971 bits per heavy atom. The number of hydrogen-bond acceptors (Lipinski definition) is 5. The molecule has 0 aliphatic rings. The van der Waals surface area contributed by atoms with Gasteiger partial charge < -0.3 is 25.7 Å². The number of rotatable bonds is 7. The van der Waals surface area contributed by atoms with Crippen LogP contribution in [0, 0.1) is 5.41 Å². The molecule has 172 valence electrons. The van der Waals surface area contributed by atoms with Crippen LogP contribution in [0.25, 0.3) is 10.9 Å². The molecule has 5 N–H and O–H groups in total. The first-order valence-electron chi connectivity index (χ1n) is 10.6. The maximum atomic E-state index is 13.1. The number of methoxy groups -OCH3 is 1. The highest BCUT2D eigenvalue weighted by Crippen LogP contribution is 2.26. The number of carbonyl (C=O) groups is 2. The van der Waals surface area contributed by atoms with Crippen LogP contribution in [0.4, 0.5) is 11.4 Å². The number of hydrogen-bond donors (Lipinski definition) is 4. The maximum Gasteiger partial charge on any atom is 0.255 e. The van der Waals surface area contributed by atoms with Crippen molar-refractivity contribution in [2.75, 3.05) is 24.8 Å². The Morgan fingerprint density at radius 3 is 2.38 bits per heavy atom. The minimum absolute atomic E-state index is 0.142. The molecule has 3 aromatic carbocycles. The quantitative estimate of drug-likeness (QED) is 0.315. The lowest BCUT2D eigenvalue weighted by Gasteiger charge is -2.15. The summed E-state index contributed by atoms with van der Waals surface area (Å²) in [4.78, 5) is 24.9. The van der Waals surface area contributed by atoms with Gasteiger partial charge >= 0.3 is 0 Å². The van der Waals surface area contributed by atoms with Crippen molar-refractivity contribution in [3.8, 4) is 5.75 Å². The number of nitrogens with two attached hydrogens (primary N) is 1. The summed E-state index contributed by atoms with van der Waals surface area (Å²) in [5.41, 5.74) is 9.55. The normalized spacial score (nSPS) is 10.7. The Balaban J connectivity index is 1.70. The molecule has 0 radical (unpaired) electrons. The molecule has 0 bridgehead atoms. The van der Waals surface area contributed by atoms with Gasteiger partial charge in [-0.1, -0.05) is 18.2 Å². The zero-order chi connectivity index (χ0) is 24.4. The predicted octanol–water partition coefficient (Wildman–Crippen LogP) is 4.00. The molecule has 0 saturated heterocycles. The molecule has 0 atom stereocenters. The summed E-state index contributed by atoms with van der Waals surface area (Å²) in [6, 6.07) is 19.6. The number of fused-ring (bicyclic) bond motifs is 1. The van der Waals surface area contributed by atoms with Crippen molar-refractivity contribution < 1.29 is 14.3 Å². The first-order chi connectivity index (χ1) is 16.3. The van der Waals surface area contributed by atoms with E-state index in [1.807, 2.05) is 41.9 Å². The summed E-state index contributed by atoms with van der Waals surface area (Å²) < 4.78 is 7.10. The van der Waals surface area contributed by atoms with E-state index >= 15 is 0 Å². The van der Waals surface area contributed by atoms with Gasteiger partial charge in [-0.05, 0) is 48.5 Å². The van der Waals surface area contributed by atoms with Crippen molar-refractivity contribution >= 4 is 39.8 Å². The number of carbonyl (C=O) groups excluding carboxylic acids is 2. The van der Waals surface area contributed by atoms with Crippen LogP contribution in [0.5, 0.6) is 5.75 Å². The lowest BCUT2D eigenvalue weighted by molar-refractivity contribution is 0.100. The Morgan fingerprint density at radius 2 is 1.71 bits per heavy atom. The van der Waals surface area contributed by atoms with Crippen LogP contribution < -0.4 is 21.1 Å². The number of amides is 2. The summed E-state index contributed by atoms with van der Waals surface area (Å²) in [5.74, 6) is -0.657. The van der Waals surface area contributed by atoms with E-state index in [0.717, 1.165) is 16.6 Å². The number of nitrogens with zero attached hydrogens (tertiary/aromatic N) is 1. The number of nitrogens with one attached hydrogen (secondary N) is 3. The third-order valence-corrected chi connectivity index (χ3v) is 5.77. The average molecular weight is 456 g/mol. The molecule has 8 heteroatoms. The second-order valence-corrected chi connectivity index (χ2v) is 7.76. The van der Waals surface area contributed by atoms with E-state index in [0.29, 0.717) is 22.6 Å². The second-order valence-electron chi connectivity index (χ2n) is 7.76. The number of ether oxygens (including phenoxy) is 1. The lowest BCUT2D eigenvalue weighted by atomic mass is 10.0. The van der Waals surface area contributed by atoms with Gasteiger partial charge in [0.1, 0.15) is 5.75 Å². The number of anilines is 2. The Bertz CT molecular complexity index is 1440. The van der Waals surface area contributed by atoms with Crippen molar-refractivity contribution in [1.29, 1.82) is 5.41 Å². The number of primary amides is 1. The van der Waals surface area contributed by atoms with Crippen LogP contribution in [0.3, 0.4) is 0 Å². The Hall–Kier alpha value is -4.59. The van der Waals surface area contributed by atoms with Crippen LogP contribution in [0.15, 0.2) is 66.7 Å². The number of para-hydroxylation sites is 1. The fourth-order valence-electron chi connectivity index (χ4n) is 3.93.